The standard InChI is InChI=1S/C31H35NO.2CH4O/c1-6-16-32(17-7-1)18-19-33-28-14-12-24(13-15-28)20-30-29-11-5-4-10-27(29)23-31(30)21-25-8-2-3-9-26(25)22-31;2*1-2/h2-5,8-15,30H,1,6-7,16-23H2;2*2H,1H3. The fraction of sp³-hybridized carbons (Fsp3) is 0.455. The summed E-state index contributed by atoms with van der Waals surface area (Å²) in [4.78, 5) is 2.54. The maximum Gasteiger partial charge on any atom is 0.119 e. The summed E-state index contributed by atoms with van der Waals surface area (Å²) in [5, 5.41) is 14.0. The number of hydrogen-bond acceptors (Lipinski definition) is 4. The van der Waals surface area contributed by atoms with Crippen LogP contribution in [0.4, 0.5) is 0 Å². The molecule has 37 heavy (non-hydrogen) atoms. The van der Waals surface area contributed by atoms with E-state index in [1.807, 2.05) is 0 Å². The van der Waals surface area contributed by atoms with Crippen LogP contribution in [0.2, 0.25) is 0 Å². The normalized spacial score (nSPS) is 19.2. The molecule has 4 heteroatoms. The highest BCUT2D eigenvalue weighted by Gasteiger charge is 2.48. The molecule has 0 radical (unpaired) electrons. The van der Waals surface area contributed by atoms with Crippen molar-refractivity contribution in [2.45, 2.75) is 50.9 Å². The summed E-state index contributed by atoms with van der Waals surface area (Å²) in [6.07, 6.45) is 8.80. The van der Waals surface area contributed by atoms with Gasteiger partial charge in [-0.05, 0) is 103 Å². The summed E-state index contributed by atoms with van der Waals surface area (Å²) in [6, 6.07) is 27.3. The predicted molar refractivity (Wildman–Crippen MR) is 151 cm³/mol. The molecule has 1 saturated heterocycles. The molecule has 3 aromatic carbocycles. The first-order valence-electron chi connectivity index (χ1n) is 13.8. The van der Waals surface area contributed by atoms with Gasteiger partial charge >= 0.3 is 0 Å². The maximum absolute atomic E-state index is 7.00. The molecule has 2 N–H and O–H groups in total. The third-order valence-corrected chi connectivity index (χ3v) is 8.40. The van der Waals surface area contributed by atoms with Gasteiger partial charge in [-0.3, -0.25) is 4.90 Å². The largest absolute Gasteiger partial charge is 0.492 e. The van der Waals surface area contributed by atoms with Crippen molar-refractivity contribution >= 4 is 0 Å². The SMILES string of the molecule is CO.CO.c1ccc2c(c1)CC1(C2)Cc2ccccc2C1Cc1ccc(OCCN2CCCCC2)cc1. The van der Waals surface area contributed by atoms with E-state index in [4.69, 9.17) is 14.9 Å². The quantitative estimate of drug-likeness (QED) is 0.473. The third-order valence-electron chi connectivity index (χ3n) is 8.40. The van der Waals surface area contributed by atoms with E-state index < -0.39 is 0 Å². The lowest BCUT2D eigenvalue weighted by Crippen LogP contribution is -2.33. The number of aliphatic hydroxyl groups is 2. The molecule has 0 amide bonds. The van der Waals surface area contributed by atoms with Crippen molar-refractivity contribution in [1.29, 1.82) is 0 Å². The van der Waals surface area contributed by atoms with E-state index in [2.05, 4.69) is 77.7 Å². The predicted octanol–water partition coefficient (Wildman–Crippen LogP) is 5.44. The van der Waals surface area contributed by atoms with Gasteiger partial charge < -0.3 is 14.9 Å². The Bertz CT molecular complexity index is 1070. The van der Waals surface area contributed by atoms with Crippen molar-refractivity contribution in [2.24, 2.45) is 5.41 Å². The molecule has 1 atom stereocenters. The van der Waals surface area contributed by atoms with E-state index >= 15 is 0 Å². The van der Waals surface area contributed by atoms with Gasteiger partial charge in [0, 0.05) is 20.8 Å². The van der Waals surface area contributed by atoms with E-state index in [1.54, 1.807) is 22.3 Å². The smallest absolute Gasteiger partial charge is 0.119 e. The molecule has 0 saturated carbocycles. The van der Waals surface area contributed by atoms with Crippen LogP contribution < -0.4 is 4.74 Å². The topological polar surface area (TPSA) is 52.9 Å². The second-order valence-electron chi connectivity index (χ2n) is 10.5. The molecule has 1 spiro atoms. The summed E-state index contributed by atoms with van der Waals surface area (Å²) in [5.74, 6) is 1.58. The Morgan fingerprint density at radius 1 is 0.730 bits per heavy atom. The lowest BCUT2D eigenvalue weighted by Gasteiger charge is -2.32. The molecule has 4 nitrogen and oxygen atoms in total. The molecule has 1 heterocycles. The molecule has 3 aromatic rings. The fourth-order valence-corrected chi connectivity index (χ4v) is 6.72. The number of fused-ring (bicyclic) bond motifs is 2. The summed E-state index contributed by atoms with van der Waals surface area (Å²) >= 11 is 0. The highest BCUT2D eigenvalue weighted by Crippen LogP contribution is 2.55. The first kappa shape index (κ1) is 27.4. The van der Waals surface area contributed by atoms with Crippen LogP contribution in [0.25, 0.3) is 0 Å². The van der Waals surface area contributed by atoms with Crippen LogP contribution in [0, 0.1) is 5.41 Å². The van der Waals surface area contributed by atoms with Crippen LogP contribution >= 0.6 is 0 Å². The maximum atomic E-state index is 7.00. The molecular weight excluding hydrogens is 458 g/mol. The third kappa shape index (κ3) is 6.26. The Balaban J connectivity index is 0.000000765. The van der Waals surface area contributed by atoms with Gasteiger partial charge in [-0.25, -0.2) is 0 Å². The van der Waals surface area contributed by atoms with Gasteiger partial charge in [0.2, 0.25) is 0 Å². The number of benzene rings is 3. The Labute approximate surface area is 222 Å². The second-order valence-corrected chi connectivity index (χ2v) is 10.5. The van der Waals surface area contributed by atoms with Crippen molar-refractivity contribution in [3.63, 3.8) is 0 Å². The van der Waals surface area contributed by atoms with E-state index in [9.17, 15) is 0 Å². The molecule has 2 aliphatic carbocycles. The number of nitrogens with zero attached hydrogens (tertiary/aromatic N) is 1. The number of aliphatic hydroxyl groups excluding tert-OH is 2. The van der Waals surface area contributed by atoms with Gasteiger partial charge in [-0.1, -0.05) is 67.1 Å². The molecule has 1 aliphatic heterocycles. The van der Waals surface area contributed by atoms with Crippen molar-refractivity contribution < 1.29 is 14.9 Å². The monoisotopic (exact) mass is 501 g/mol. The molecule has 0 bridgehead atoms. The number of likely N-dealkylation sites (tertiary alicyclic amines) is 1. The van der Waals surface area contributed by atoms with Crippen LogP contribution in [-0.2, 0) is 25.7 Å². The average molecular weight is 502 g/mol. The fourth-order valence-electron chi connectivity index (χ4n) is 6.72. The van der Waals surface area contributed by atoms with Crippen LogP contribution in [0.5, 0.6) is 5.75 Å². The lowest BCUT2D eigenvalue weighted by molar-refractivity contribution is 0.183. The van der Waals surface area contributed by atoms with Crippen molar-refractivity contribution in [3.05, 3.63) is 101 Å². The van der Waals surface area contributed by atoms with Gasteiger partial charge in [0.05, 0.1) is 0 Å². The Hall–Kier alpha value is -2.66. The Kier molecular flexibility index (Phi) is 9.79. The minimum atomic E-state index is 0.330. The number of hydrogen-bond donors (Lipinski definition) is 2. The molecule has 1 fully saturated rings. The van der Waals surface area contributed by atoms with Gasteiger partial charge in [0.15, 0.2) is 0 Å². The molecule has 198 valence electrons. The summed E-state index contributed by atoms with van der Waals surface area (Å²) in [5.41, 5.74) is 8.02. The van der Waals surface area contributed by atoms with Crippen LogP contribution in [0.15, 0.2) is 72.8 Å². The van der Waals surface area contributed by atoms with E-state index in [-0.39, 0.29) is 0 Å². The van der Waals surface area contributed by atoms with Crippen LogP contribution in [0.3, 0.4) is 0 Å². The zero-order valence-corrected chi connectivity index (χ0v) is 22.5. The highest BCUT2D eigenvalue weighted by molar-refractivity contribution is 5.46. The van der Waals surface area contributed by atoms with E-state index in [0.29, 0.717) is 11.3 Å². The van der Waals surface area contributed by atoms with Crippen molar-refractivity contribution in [2.75, 3.05) is 40.5 Å². The Morgan fingerprint density at radius 2 is 1.30 bits per heavy atom. The number of ether oxygens (including phenoxy) is 1. The summed E-state index contributed by atoms with van der Waals surface area (Å²) in [7, 11) is 2.00. The molecule has 1 unspecified atom stereocenters. The van der Waals surface area contributed by atoms with Gasteiger partial charge in [0.25, 0.3) is 0 Å². The first-order chi connectivity index (χ1) is 18.3. The number of rotatable bonds is 6. The number of piperidine rings is 1. The van der Waals surface area contributed by atoms with Crippen molar-refractivity contribution in [3.8, 4) is 5.75 Å². The van der Waals surface area contributed by atoms with Gasteiger partial charge in [-0.2, -0.15) is 0 Å². The summed E-state index contributed by atoms with van der Waals surface area (Å²) < 4.78 is 6.08. The van der Waals surface area contributed by atoms with Crippen LogP contribution in [-0.4, -0.2) is 55.6 Å². The molecule has 3 aliphatic rings. The second kappa shape index (κ2) is 13.2. The zero-order valence-electron chi connectivity index (χ0n) is 22.5. The minimum Gasteiger partial charge on any atom is -0.492 e. The molecular formula is C33H43NO3. The van der Waals surface area contributed by atoms with Crippen molar-refractivity contribution in [1.82, 2.24) is 4.90 Å². The lowest BCUT2D eigenvalue weighted by atomic mass is 9.71. The summed E-state index contributed by atoms with van der Waals surface area (Å²) in [6.45, 7) is 4.30. The minimum absolute atomic E-state index is 0.330. The molecule has 6 rings (SSSR count). The van der Waals surface area contributed by atoms with Crippen LogP contribution in [0.1, 0.15) is 53.0 Å². The van der Waals surface area contributed by atoms with E-state index in [0.717, 1.165) is 39.5 Å². The van der Waals surface area contributed by atoms with Gasteiger partial charge in [-0.15, -0.1) is 0 Å². The van der Waals surface area contributed by atoms with E-state index in [1.165, 1.54) is 57.2 Å². The highest BCUT2D eigenvalue weighted by atomic mass is 16.5. The average Bonchev–Trinajstić information content (AvgIpc) is 3.48. The first-order valence-corrected chi connectivity index (χ1v) is 13.8. The zero-order chi connectivity index (χ0) is 26.1. The Morgan fingerprint density at radius 3 is 1.95 bits per heavy atom. The van der Waals surface area contributed by atoms with Gasteiger partial charge in [0.1, 0.15) is 12.4 Å². The molecule has 0 aromatic heterocycles.